The van der Waals surface area contributed by atoms with Crippen LogP contribution in [0.5, 0.6) is 5.75 Å². The molecule has 0 aliphatic rings. The predicted octanol–water partition coefficient (Wildman–Crippen LogP) is 1.23. The monoisotopic (exact) mass is 183 g/mol. The fourth-order valence-electron chi connectivity index (χ4n) is 0.929. The van der Waals surface area contributed by atoms with Crippen LogP contribution in [0.25, 0.3) is 0 Å². The molecule has 1 amide bonds. The smallest absolute Gasteiger partial charge is 0.257 e. The van der Waals surface area contributed by atoms with Gasteiger partial charge in [0.25, 0.3) is 5.91 Å². The van der Waals surface area contributed by atoms with Gasteiger partial charge in [-0.2, -0.15) is 0 Å². The van der Waals surface area contributed by atoms with Crippen molar-refractivity contribution in [3.63, 3.8) is 0 Å². The summed E-state index contributed by atoms with van der Waals surface area (Å²) in [6.07, 6.45) is 0. The number of benzene rings is 1. The fourth-order valence-corrected chi connectivity index (χ4v) is 0.929. The van der Waals surface area contributed by atoms with Crippen molar-refractivity contribution in [1.82, 2.24) is 4.90 Å². The standard InChI is InChI=1S/C9H10FNO2/c1-11(2)9(13)6-4-3-5-7(10)8(6)12/h3-5,12H,1-2H3. The van der Waals surface area contributed by atoms with E-state index in [1.807, 2.05) is 0 Å². The van der Waals surface area contributed by atoms with Crippen molar-refractivity contribution < 1.29 is 14.3 Å². The average molecular weight is 183 g/mol. The Balaban J connectivity index is 3.15. The highest BCUT2D eigenvalue weighted by Gasteiger charge is 2.15. The number of phenols is 1. The Labute approximate surface area is 75.4 Å². The SMILES string of the molecule is CN(C)C(=O)c1cccc(F)c1O. The summed E-state index contributed by atoms with van der Waals surface area (Å²) in [7, 11) is 3.07. The summed E-state index contributed by atoms with van der Waals surface area (Å²) in [5, 5.41) is 9.19. The Bertz CT molecular complexity index is 336. The van der Waals surface area contributed by atoms with E-state index in [0.717, 1.165) is 6.07 Å². The van der Waals surface area contributed by atoms with Gasteiger partial charge < -0.3 is 10.0 Å². The molecule has 0 saturated heterocycles. The lowest BCUT2D eigenvalue weighted by atomic mass is 10.2. The Hall–Kier alpha value is -1.58. The summed E-state index contributed by atoms with van der Waals surface area (Å²) in [6, 6.07) is 3.86. The normalized spacial score (nSPS) is 9.77. The Morgan fingerprint density at radius 3 is 2.62 bits per heavy atom. The molecular formula is C9H10FNO2. The van der Waals surface area contributed by atoms with Crippen LogP contribution in [-0.2, 0) is 0 Å². The van der Waals surface area contributed by atoms with E-state index < -0.39 is 17.5 Å². The summed E-state index contributed by atoms with van der Waals surface area (Å²) in [4.78, 5) is 12.6. The van der Waals surface area contributed by atoms with Crippen LogP contribution in [0.15, 0.2) is 18.2 Å². The van der Waals surface area contributed by atoms with Gasteiger partial charge in [-0.25, -0.2) is 4.39 Å². The molecule has 1 rings (SSSR count). The number of phenolic OH excluding ortho intramolecular Hbond substituents is 1. The van der Waals surface area contributed by atoms with Gasteiger partial charge >= 0.3 is 0 Å². The van der Waals surface area contributed by atoms with Crippen molar-refractivity contribution in [3.8, 4) is 5.75 Å². The average Bonchev–Trinajstić information content (AvgIpc) is 2.08. The molecule has 1 aromatic carbocycles. The molecule has 0 unspecified atom stereocenters. The summed E-state index contributed by atoms with van der Waals surface area (Å²) < 4.78 is 12.8. The van der Waals surface area contributed by atoms with E-state index >= 15 is 0 Å². The molecule has 4 heteroatoms. The molecule has 0 bridgehead atoms. The first-order valence-electron chi connectivity index (χ1n) is 3.73. The summed E-state index contributed by atoms with van der Waals surface area (Å²) in [5.41, 5.74) is -0.0231. The molecular weight excluding hydrogens is 173 g/mol. The highest BCUT2D eigenvalue weighted by Crippen LogP contribution is 2.21. The van der Waals surface area contributed by atoms with Gasteiger partial charge in [-0.15, -0.1) is 0 Å². The molecule has 70 valence electrons. The Kier molecular flexibility index (Phi) is 2.51. The molecule has 1 N–H and O–H groups in total. The van der Waals surface area contributed by atoms with E-state index in [-0.39, 0.29) is 5.56 Å². The van der Waals surface area contributed by atoms with Crippen LogP contribution < -0.4 is 0 Å². The van der Waals surface area contributed by atoms with E-state index in [4.69, 9.17) is 0 Å². The number of hydrogen-bond donors (Lipinski definition) is 1. The number of amides is 1. The lowest BCUT2D eigenvalue weighted by Crippen LogP contribution is -2.21. The highest BCUT2D eigenvalue weighted by atomic mass is 19.1. The van der Waals surface area contributed by atoms with E-state index in [0.29, 0.717) is 0 Å². The maximum absolute atomic E-state index is 12.8. The van der Waals surface area contributed by atoms with Gasteiger partial charge in [0.2, 0.25) is 0 Å². The molecule has 0 heterocycles. The van der Waals surface area contributed by atoms with Crippen molar-refractivity contribution in [3.05, 3.63) is 29.6 Å². The molecule has 0 aromatic heterocycles. The number of nitrogens with zero attached hydrogens (tertiary/aromatic N) is 1. The lowest BCUT2D eigenvalue weighted by molar-refractivity contribution is 0.0824. The van der Waals surface area contributed by atoms with E-state index in [9.17, 15) is 14.3 Å². The fraction of sp³-hybridized carbons (Fsp3) is 0.222. The Morgan fingerprint density at radius 1 is 1.46 bits per heavy atom. The van der Waals surface area contributed by atoms with Crippen molar-refractivity contribution in [2.24, 2.45) is 0 Å². The third-order valence-corrected chi connectivity index (χ3v) is 1.62. The first kappa shape index (κ1) is 9.51. The zero-order valence-corrected chi connectivity index (χ0v) is 7.41. The van der Waals surface area contributed by atoms with Crippen molar-refractivity contribution in [2.45, 2.75) is 0 Å². The van der Waals surface area contributed by atoms with Crippen molar-refractivity contribution in [2.75, 3.05) is 14.1 Å². The zero-order chi connectivity index (χ0) is 10.0. The molecule has 0 fully saturated rings. The second-order valence-corrected chi connectivity index (χ2v) is 2.84. The molecule has 0 aliphatic carbocycles. The van der Waals surface area contributed by atoms with Gasteiger partial charge in [-0.1, -0.05) is 6.07 Å². The topological polar surface area (TPSA) is 40.5 Å². The molecule has 13 heavy (non-hydrogen) atoms. The van der Waals surface area contributed by atoms with Gasteiger partial charge in [0.05, 0.1) is 5.56 Å². The van der Waals surface area contributed by atoms with Crippen molar-refractivity contribution >= 4 is 5.91 Å². The summed E-state index contributed by atoms with van der Waals surface area (Å²) in [6.45, 7) is 0. The van der Waals surface area contributed by atoms with E-state index in [1.165, 1.54) is 31.1 Å². The van der Waals surface area contributed by atoms with Gasteiger partial charge in [0.1, 0.15) is 0 Å². The molecule has 1 aromatic rings. The minimum Gasteiger partial charge on any atom is -0.504 e. The maximum atomic E-state index is 12.8. The second-order valence-electron chi connectivity index (χ2n) is 2.84. The zero-order valence-electron chi connectivity index (χ0n) is 7.41. The Morgan fingerprint density at radius 2 is 2.08 bits per heavy atom. The molecule has 0 radical (unpaired) electrons. The van der Waals surface area contributed by atoms with E-state index in [1.54, 1.807) is 0 Å². The van der Waals surface area contributed by atoms with Crippen LogP contribution in [0.3, 0.4) is 0 Å². The van der Waals surface area contributed by atoms with E-state index in [2.05, 4.69) is 0 Å². The number of halogens is 1. The number of hydrogen-bond acceptors (Lipinski definition) is 2. The predicted molar refractivity (Wildman–Crippen MR) is 46.1 cm³/mol. The number of para-hydroxylation sites is 1. The van der Waals surface area contributed by atoms with Gasteiger partial charge in [-0.3, -0.25) is 4.79 Å². The van der Waals surface area contributed by atoms with Crippen LogP contribution in [0.1, 0.15) is 10.4 Å². The third-order valence-electron chi connectivity index (χ3n) is 1.62. The minimum atomic E-state index is -0.785. The number of rotatable bonds is 1. The maximum Gasteiger partial charge on any atom is 0.257 e. The van der Waals surface area contributed by atoms with Crippen LogP contribution >= 0.6 is 0 Å². The van der Waals surface area contributed by atoms with Gasteiger partial charge in [0.15, 0.2) is 11.6 Å². The van der Waals surface area contributed by atoms with Crippen LogP contribution in [0, 0.1) is 5.82 Å². The first-order valence-corrected chi connectivity index (χ1v) is 3.73. The van der Waals surface area contributed by atoms with Crippen molar-refractivity contribution in [1.29, 1.82) is 0 Å². The molecule has 0 aliphatic heterocycles. The molecule has 0 atom stereocenters. The molecule has 3 nitrogen and oxygen atoms in total. The third kappa shape index (κ3) is 1.77. The molecule has 0 spiro atoms. The quantitative estimate of drug-likeness (QED) is 0.711. The highest BCUT2D eigenvalue weighted by molar-refractivity contribution is 5.96. The van der Waals surface area contributed by atoms with Gasteiger partial charge in [-0.05, 0) is 12.1 Å². The van der Waals surface area contributed by atoms with Crippen LogP contribution in [0.2, 0.25) is 0 Å². The largest absolute Gasteiger partial charge is 0.504 e. The minimum absolute atomic E-state index is 0.0231. The number of aromatic hydroxyl groups is 1. The van der Waals surface area contributed by atoms with Crippen LogP contribution in [-0.4, -0.2) is 30.0 Å². The lowest BCUT2D eigenvalue weighted by Gasteiger charge is -2.11. The second kappa shape index (κ2) is 3.43. The number of carbonyl (C=O) groups is 1. The van der Waals surface area contributed by atoms with Crippen LogP contribution in [0.4, 0.5) is 4.39 Å². The van der Waals surface area contributed by atoms with Gasteiger partial charge in [0, 0.05) is 14.1 Å². The number of carbonyl (C=O) groups excluding carboxylic acids is 1. The first-order chi connectivity index (χ1) is 6.04. The summed E-state index contributed by atoms with van der Waals surface area (Å²) >= 11 is 0. The summed E-state index contributed by atoms with van der Waals surface area (Å²) in [5.74, 6) is -1.80. The molecule has 0 saturated carbocycles.